The minimum atomic E-state index is -0.998. The molecular weight excluding hydrogens is 362 g/mol. The molecule has 8 heteroatoms. The molecule has 2 atom stereocenters. The number of amides is 1. The standard InChI is InChI=1S/C20H27N3O5/c1-5-27-15-10-20(25,19(15,2)3)12-21-17(24)13-7-6-8-14(9-13)18-23-22-16(28-18)11-26-4/h6-9,15,25H,5,10-12H2,1-4H3,(H,21,24). The highest BCUT2D eigenvalue weighted by molar-refractivity contribution is 5.95. The SMILES string of the molecule is CCOC1CC(O)(CNC(=O)c2cccc(-c3nnc(COC)o3)c2)C1(C)C. The second kappa shape index (κ2) is 7.98. The Morgan fingerprint density at radius 2 is 2.18 bits per heavy atom. The first kappa shape index (κ1) is 20.4. The van der Waals surface area contributed by atoms with Gasteiger partial charge < -0.3 is 24.3 Å². The summed E-state index contributed by atoms with van der Waals surface area (Å²) in [4.78, 5) is 12.6. The second-order valence-corrected chi connectivity index (χ2v) is 7.60. The van der Waals surface area contributed by atoms with Crippen LogP contribution in [0.15, 0.2) is 28.7 Å². The van der Waals surface area contributed by atoms with Gasteiger partial charge in [-0.3, -0.25) is 4.79 Å². The number of nitrogens with zero attached hydrogens (tertiary/aromatic N) is 2. The second-order valence-electron chi connectivity index (χ2n) is 7.60. The molecule has 1 aliphatic rings. The van der Waals surface area contributed by atoms with Crippen molar-refractivity contribution in [2.24, 2.45) is 5.41 Å². The van der Waals surface area contributed by atoms with E-state index in [1.165, 1.54) is 0 Å². The number of benzene rings is 1. The van der Waals surface area contributed by atoms with Gasteiger partial charge in [0.05, 0.1) is 11.7 Å². The van der Waals surface area contributed by atoms with Crippen molar-refractivity contribution < 1.29 is 23.8 Å². The smallest absolute Gasteiger partial charge is 0.251 e. The van der Waals surface area contributed by atoms with Crippen molar-refractivity contribution in [3.8, 4) is 11.5 Å². The summed E-state index contributed by atoms with van der Waals surface area (Å²) in [7, 11) is 1.54. The van der Waals surface area contributed by atoms with Gasteiger partial charge in [0.25, 0.3) is 5.91 Å². The van der Waals surface area contributed by atoms with Crippen molar-refractivity contribution in [3.63, 3.8) is 0 Å². The molecule has 1 fully saturated rings. The van der Waals surface area contributed by atoms with Gasteiger partial charge in [0.15, 0.2) is 0 Å². The van der Waals surface area contributed by atoms with E-state index in [0.29, 0.717) is 35.9 Å². The molecule has 2 unspecified atom stereocenters. The van der Waals surface area contributed by atoms with Crippen molar-refractivity contribution in [1.82, 2.24) is 15.5 Å². The largest absolute Gasteiger partial charge is 0.418 e. The Balaban J connectivity index is 1.65. The molecule has 3 rings (SSSR count). The lowest BCUT2D eigenvalue weighted by molar-refractivity contribution is -0.237. The summed E-state index contributed by atoms with van der Waals surface area (Å²) in [5, 5.41) is 21.6. The number of aliphatic hydroxyl groups is 1. The van der Waals surface area contributed by atoms with Crippen LogP contribution in [-0.2, 0) is 16.1 Å². The highest BCUT2D eigenvalue weighted by atomic mass is 16.5. The monoisotopic (exact) mass is 389 g/mol. The number of nitrogens with one attached hydrogen (secondary N) is 1. The first-order chi connectivity index (χ1) is 13.3. The topological polar surface area (TPSA) is 107 Å². The van der Waals surface area contributed by atoms with Crippen LogP contribution in [0, 0.1) is 5.41 Å². The Kier molecular flexibility index (Phi) is 5.83. The number of methoxy groups -OCH3 is 1. The average molecular weight is 389 g/mol. The molecule has 0 bridgehead atoms. The summed E-state index contributed by atoms with van der Waals surface area (Å²) in [5.74, 6) is 0.410. The fourth-order valence-electron chi connectivity index (χ4n) is 3.44. The van der Waals surface area contributed by atoms with Crippen molar-refractivity contribution in [3.05, 3.63) is 35.7 Å². The van der Waals surface area contributed by atoms with Gasteiger partial charge in [0, 0.05) is 43.2 Å². The van der Waals surface area contributed by atoms with Gasteiger partial charge in [-0.15, -0.1) is 10.2 Å². The van der Waals surface area contributed by atoms with E-state index in [1.54, 1.807) is 31.4 Å². The Bertz CT molecular complexity index is 835. The number of aromatic nitrogens is 2. The summed E-state index contributed by atoms with van der Waals surface area (Å²) in [6, 6.07) is 6.91. The summed E-state index contributed by atoms with van der Waals surface area (Å²) in [6.07, 6.45) is 0.486. The first-order valence-electron chi connectivity index (χ1n) is 9.34. The lowest BCUT2D eigenvalue weighted by Crippen LogP contribution is -2.68. The van der Waals surface area contributed by atoms with Gasteiger partial charge in [-0.1, -0.05) is 19.9 Å². The minimum Gasteiger partial charge on any atom is -0.418 e. The van der Waals surface area contributed by atoms with Crippen LogP contribution in [0.25, 0.3) is 11.5 Å². The Morgan fingerprint density at radius 3 is 2.86 bits per heavy atom. The van der Waals surface area contributed by atoms with Gasteiger partial charge in [-0.05, 0) is 25.1 Å². The number of hydrogen-bond donors (Lipinski definition) is 2. The molecule has 8 nitrogen and oxygen atoms in total. The third kappa shape index (κ3) is 3.80. The predicted molar refractivity (Wildman–Crippen MR) is 102 cm³/mol. The number of carbonyl (C=O) groups is 1. The van der Waals surface area contributed by atoms with Crippen LogP contribution in [0.2, 0.25) is 0 Å². The van der Waals surface area contributed by atoms with E-state index in [2.05, 4.69) is 15.5 Å². The molecule has 28 heavy (non-hydrogen) atoms. The quantitative estimate of drug-likeness (QED) is 0.712. The molecule has 1 aromatic carbocycles. The summed E-state index contributed by atoms with van der Waals surface area (Å²) in [6.45, 7) is 6.83. The number of rotatable bonds is 8. The van der Waals surface area contributed by atoms with E-state index < -0.39 is 11.0 Å². The minimum absolute atomic E-state index is 0.0125. The maximum absolute atomic E-state index is 12.6. The molecule has 1 aromatic heterocycles. The first-order valence-corrected chi connectivity index (χ1v) is 9.34. The van der Waals surface area contributed by atoms with E-state index >= 15 is 0 Å². The van der Waals surface area contributed by atoms with Gasteiger partial charge in [0.1, 0.15) is 6.61 Å². The zero-order valence-electron chi connectivity index (χ0n) is 16.7. The number of ether oxygens (including phenoxy) is 2. The van der Waals surface area contributed by atoms with Crippen LogP contribution >= 0.6 is 0 Å². The molecule has 0 aliphatic heterocycles. The zero-order valence-corrected chi connectivity index (χ0v) is 16.7. The maximum Gasteiger partial charge on any atom is 0.251 e. The normalized spacial score (nSPS) is 23.2. The fourth-order valence-corrected chi connectivity index (χ4v) is 3.44. The zero-order chi connectivity index (χ0) is 20.4. The molecule has 152 valence electrons. The van der Waals surface area contributed by atoms with Crippen molar-refractivity contribution in [2.75, 3.05) is 20.3 Å². The average Bonchev–Trinajstić information content (AvgIpc) is 3.15. The van der Waals surface area contributed by atoms with Crippen LogP contribution in [0.3, 0.4) is 0 Å². The molecule has 0 radical (unpaired) electrons. The van der Waals surface area contributed by atoms with E-state index in [9.17, 15) is 9.90 Å². The molecule has 1 amide bonds. The number of carbonyl (C=O) groups excluding carboxylic acids is 1. The molecule has 2 aromatic rings. The summed E-state index contributed by atoms with van der Waals surface area (Å²) < 4.78 is 16.1. The molecule has 1 saturated carbocycles. The lowest BCUT2D eigenvalue weighted by atomic mass is 9.56. The lowest BCUT2D eigenvalue weighted by Gasteiger charge is -2.57. The molecule has 0 saturated heterocycles. The van der Waals surface area contributed by atoms with Gasteiger partial charge in [-0.2, -0.15) is 0 Å². The van der Waals surface area contributed by atoms with E-state index in [0.717, 1.165) is 0 Å². The highest BCUT2D eigenvalue weighted by Gasteiger charge is 2.59. The molecule has 0 spiro atoms. The van der Waals surface area contributed by atoms with Crippen LogP contribution < -0.4 is 5.32 Å². The summed E-state index contributed by atoms with van der Waals surface area (Å²) in [5.41, 5.74) is -0.339. The van der Waals surface area contributed by atoms with Gasteiger partial charge in [-0.25, -0.2) is 0 Å². The van der Waals surface area contributed by atoms with Crippen molar-refractivity contribution >= 4 is 5.91 Å². The number of hydrogen-bond acceptors (Lipinski definition) is 7. The Hall–Kier alpha value is -2.29. The molecule has 1 aliphatic carbocycles. The molecule has 1 heterocycles. The molecule has 2 N–H and O–H groups in total. The fraction of sp³-hybridized carbons (Fsp3) is 0.550. The van der Waals surface area contributed by atoms with E-state index in [1.807, 2.05) is 20.8 Å². The van der Waals surface area contributed by atoms with Crippen LogP contribution in [0.5, 0.6) is 0 Å². The van der Waals surface area contributed by atoms with Crippen LogP contribution in [-0.4, -0.2) is 53.2 Å². The third-order valence-electron chi connectivity index (χ3n) is 5.54. The van der Waals surface area contributed by atoms with Crippen LogP contribution in [0.4, 0.5) is 0 Å². The molecular formula is C20H27N3O5. The Labute approximate surface area is 164 Å². The van der Waals surface area contributed by atoms with E-state index in [4.69, 9.17) is 13.9 Å². The maximum atomic E-state index is 12.6. The van der Waals surface area contributed by atoms with Crippen molar-refractivity contribution in [2.45, 2.75) is 45.5 Å². The predicted octanol–water partition coefficient (Wildman–Crippen LogP) is 2.18. The third-order valence-corrected chi connectivity index (χ3v) is 5.54. The van der Waals surface area contributed by atoms with Gasteiger partial charge >= 0.3 is 0 Å². The van der Waals surface area contributed by atoms with E-state index in [-0.39, 0.29) is 25.2 Å². The van der Waals surface area contributed by atoms with Crippen molar-refractivity contribution in [1.29, 1.82) is 0 Å². The van der Waals surface area contributed by atoms with Crippen LogP contribution in [0.1, 0.15) is 43.4 Å². The van der Waals surface area contributed by atoms with Gasteiger partial charge in [0.2, 0.25) is 11.8 Å². The highest BCUT2D eigenvalue weighted by Crippen LogP contribution is 2.50. The Morgan fingerprint density at radius 1 is 1.39 bits per heavy atom. The summed E-state index contributed by atoms with van der Waals surface area (Å²) >= 11 is 0.